The fourth-order valence-electron chi connectivity index (χ4n) is 4.34. The molecule has 2 aromatic heterocycles. The predicted octanol–water partition coefficient (Wildman–Crippen LogP) is 4.86. The molecule has 0 aliphatic carbocycles. The van der Waals surface area contributed by atoms with Crippen LogP contribution in [0.15, 0.2) is 90.2 Å². The minimum atomic E-state index is -0.831. The van der Waals surface area contributed by atoms with Crippen molar-refractivity contribution in [1.82, 2.24) is 9.97 Å². The quantitative estimate of drug-likeness (QED) is 0.491. The molecule has 0 fully saturated rings. The van der Waals surface area contributed by atoms with Gasteiger partial charge in [-0.15, -0.1) is 0 Å². The van der Waals surface area contributed by atoms with E-state index in [1.165, 1.54) is 6.20 Å². The van der Waals surface area contributed by atoms with Crippen molar-refractivity contribution in [3.63, 3.8) is 0 Å². The average Bonchev–Trinajstić information content (AvgIpc) is 3.13. The molecule has 0 saturated carbocycles. The third kappa shape index (κ3) is 3.01. The fourth-order valence-corrected chi connectivity index (χ4v) is 4.34. The van der Waals surface area contributed by atoms with Crippen molar-refractivity contribution in [2.45, 2.75) is 18.9 Å². The number of hydrogen-bond acceptors (Lipinski definition) is 4. The second-order valence-corrected chi connectivity index (χ2v) is 7.57. The summed E-state index contributed by atoms with van der Waals surface area (Å²) >= 11 is 0. The first-order chi connectivity index (χ1) is 15.1. The van der Waals surface area contributed by atoms with E-state index in [0.29, 0.717) is 11.4 Å². The molecule has 0 saturated heterocycles. The van der Waals surface area contributed by atoms with E-state index in [-0.39, 0.29) is 0 Å². The molecule has 0 bridgehead atoms. The van der Waals surface area contributed by atoms with Gasteiger partial charge in [0.05, 0.1) is 0 Å². The first-order valence-electron chi connectivity index (χ1n) is 10.3. The topological polar surface area (TPSA) is 64.2 Å². The Hall–Kier alpha value is -3.86. The van der Waals surface area contributed by atoms with Gasteiger partial charge in [-0.1, -0.05) is 49.4 Å². The maximum Gasteiger partial charge on any atom is 0.220 e. The van der Waals surface area contributed by atoms with Crippen LogP contribution in [-0.4, -0.2) is 15.8 Å². The maximum atomic E-state index is 14.4. The van der Waals surface area contributed by atoms with Crippen LogP contribution in [0, 0.1) is 5.95 Å². The van der Waals surface area contributed by atoms with Crippen LogP contribution in [0.25, 0.3) is 11.1 Å². The number of fused-ring (bicyclic) bond motifs is 1. The summed E-state index contributed by atoms with van der Waals surface area (Å²) in [5.41, 5.74) is 11.6. The SMILES string of the molecule is CCc1cc(C2(c3cccc(-c4cccnc4F)c3)N=C(N)c3ccccc32)ccn1. The number of rotatable bonds is 4. The van der Waals surface area contributed by atoms with Crippen LogP contribution in [0.2, 0.25) is 0 Å². The lowest BCUT2D eigenvalue weighted by atomic mass is 9.77. The van der Waals surface area contributed by atoms with E-state index in [9.17, 15) is 4.39 Å². The van der Waals surface area contributed by atoms with Gasteiger partial charge >= 0.3 is 0 Å². The van der Waals surface area contributed by atoms with Gasteiger partial charge in [-0.2, -0.15) is 4.39 Å². The molecule has 5 rings (SSSR count). The van der Waals surface area contributed by atoms with Crippen molar-refractivity contribution in [2.24, 2.45) is 10.7 Å². The van der Waals surface area contributed by atoms with Gasteiger partial charge in [0.25, 0.3) is 0 Å². The molecule has 2 N–H and O–H groups in total. The van der Waals surface area contributed by atoms with Crippen LogP contribution in [0.3, 0.4) is 0 Å². The van der Waals surface area contributed by atoms with E-state index in [1.54, 1.807) is 12.1 Å². The smallest absolute Gasteiger partial charge is 0.220 e. The summed E-state index contributed by atoms with van der Waals surface area (Å²) in [5, 5.41) is 0. The fraction of sp³-hybridized carbons (Fsp3) is 0.115. The Morgan fingerprint density at radius 2 is 1.65 bits per heavy atom. The first kappa shape index (κ1) is 19.1. The molecule has 4 aromatic rings. The number of benzene rings is 2. The van der Waals surface area contributed by atoms with E-state index < -0.39 is 11.5 Å². The van der Waals surface area contributed by atoms with Crippen LogP contribution < -0.4 is 5.73 Å². The summed E-state index contributed by atoms with van der Waals surface area (Å²) in [6, 6.07) is 23.3. The molecule has 4 nitrogen and oxygen atoms in total. The van der Waals surface area contributed by atoms with Gasteiger partial charge in [0.1, 0.15) is 11.4 Å². The molecule has 0 radical (unpaired) electrons. The van der Waals surface area contributed by atoms with Gasteiger partial charge in [-0.05, 0) is 59.0 Å². The zero-order valence-corrected chi connectivity index (χ0v) is 17.1. The van der Waals surface area contributed by atoms with E-state index in [2.05, 4.69) is 29.0 Å². The van der Waals surface area contributed by atoms with Crippen molar-refractivity contribution in [2.75, 3.05) is 0 Å². The molecule has 1 atom stereocenters. The number of aliphatic imine (C=N–C) groups is 1. The van der Waals surface area contributed by atoms with Crippen molar-refractivity contribution in [3.05, 3.63) is 119 Å². The molecule has 0 spiro atoms. The Morgan fingerprint density at radius 1 is 0.839 bits per heavy atom. The normalized spacial score (nSPS) is 17.3. The summed E-state index contributed by atoms with van der Waals surface area (Å²) in [4.78, 5) is 13.3. The van der Waals surface area contributed by atoms with Crippen LogP contribution >= 0.6 is 0 Å². The van der Waals surface area contributed by atoms with Gasteiger partial charge in [0.15, 0.2) is 0 Å². The molecule has 152 valence electrons. The van der Waals surface area contributed by atoms with Crippen LogP contribution in [0.1, 0.15) is 34.9 Å². The number of nitrogens with zero attached hydrogens (tertiary/aromatic N) is 3. The molecule has 1 aliphatic rings. The number of nitrogens with two attached hydrogens (primary N) is 1. The summed E-state index contributed by atoms with van der Waals surface area (Å²) < 4.78 is 14.4. The summed E-state index contributed by atoms with van der Waals surface area (Å²) in [6.07, 6.45) is 4.07. The Morgan fingerprint density at radius 3 is 2.48 bits per heavy atom. The standard InChI is InChI=1S/C26H21FN4/c1-2-20-16-19(12-14-29-20)26(23-11-4-3-9-22(23)25(28)31-26)18-8-5-7-17(15-18)21-10-6-13-30-24(21)27/h3-16H,2H2,1H3,(H2,28,31). The third-order valence-electron chi connectivity index (χ3n) is 5.83. The number of aryl methyl sites for hydroxylation is 1. The van der Waals surface area contributed by atoms with Gasteiger partial charge < -0.3 is 5.73 Å². The zero-order chi connectivity index (χ0) is 21.4. The number of aromatic nitrogens is 2. The van der Waals surface area contributed by atoms with Gasteiger partial charge in [0.2, 0.25) is 5.95 Å². The number of amidine groups is 1. The summed E-state index contributed by atoms with van der Waals surface area (Å²) in [7, 11) is 0. The van der Waals surface area contributed by atoms with E-state index in [4.69, 9.17) is 10.7 Å². The first-order valence-corrected chi connectivity index (χ1v) is 10.3. The van der Waals surface area contributed by atoms with Crippen molar-refractivity contribution in [1.29, 1.82) is 0 Å². The van der Waals surface area contributed by atoms with E-state index in [1.807, 2.05) is 54.7 Å². The second kappa shape index (κ2) is 7.43. The Balaban J connectivity index is 1.80. The predicted molar refractivity (Wildman–Crippen MR) is 120 cm³/mol. The second-order valence-electron chi connectivity index (χ2n) is 7.57. The molecule has 0 amide bonds. The van der Waals surface area contributed by atoms with Crippen LogP contribution in [0.5, 0.6) is 0 Å². The van der Waals surface area contributed by atoms with Crippen molar-refractivity contribution in [3.8, 4) is 11.1 Å². The highest BCUT2D eigenvalue weighted by atomic mass is 19.1. The largest absolute Gasteiger partial charge is 0.383 e. The highest BCUT2D eigenvalue weighted by molar-refractivity contribution is 6.03. The Labute approximate surface area is 180 Å². The maximum absolute atomic E-state index is 14.4. The minimum Gasteiger partial charge on any atom is -0.383 e. The monoisotopic (exact) mass is 408 g/mol. The van der Waals surface area contributed by atoms with Gasteiger partial charge in [-0.25, -0.2) is 9.98 Å². The van der Waals surface area contributed by atoms with Crippen LogP contribution in [0.4, 0.5) is 4.39 Å². The summed E-state index contributed by atoms with van der Waals surface area (Å²) in [5.74, 6) is -0.0101. The molecule has 31 heavy (non-hydrogen) atoms. The molecule has 1 aliphatic heterocycles. The lowest BCUT2D eigenvalue weighted by Crippen LogP contribution is -2.26. The van der Waals surface area contributed by atoms with Crippen LogP contribution in [-0.2, 0) is 12.0 Å². The number of pyridine rings is 2. The molecule has 5 heteroatoms. The number of hydrogen-bond donors (Lipinski definition) is 1. The zero-order valence-electron chi connectivity index (χ0n) is 17.1. The van der Waals surface area contributed by atoms with Crippen molar-refractivity contribution >= 4 is 5.84 Å². The highest BCUT2D eigenvalue weighted by Gasteiger charge is 2.43. The number of halogens is 1. The third-order valence-corrected chi connectivity index (χ3v) is 5.83. The molecule has 3 heterocycles. The lowest BCUT2D eigenvalue weighted by molar-refractivity contribution is 0.587. The minimum absolute atomic E-state index is 0.451. The van der Waals surface area contributed by atoms with E-state index >= 15 is 0 Å². The Kier molecular flexibility index (Phi) is 4.59. The molecular formula is C26H21FN4. The molecular weight excluding hydrogens is 387 g/mol. The van der Waals surface area contributed by atoms with E-state index in [0.717, 1.165) is 39.9 Å². The van der Waals surface area contributed by atoms with Gasteiger partial charge in [0, 0.05) is 29.2 Å². The summed E-state index contributed by atoms with van der Waals surface area (Å²) in [6.45, 7) is 2.07. The molecule has 1 unspecified atom stereocenters. The lowest BCUT2D eigenvalue weighted by Gasteiger charge is -2.30. The van der Waals surface area contributed by atoms with Gasteiger partial charge in [-0.3, -0.25) is 4.98 Å². The highest BCUT2D eigenvalue weighted by Crippen LogP contribution is 2.46. The van der Waals surface area contributed by atoms with Crippen molar-refractivity contribution < 1.29 is 4.39 Å². The Bertz CT molecular complexity index is 1310. The molecule has 2 aromatic carbocycles. The average molecular weight is 408 g/mol.